The molecule has 3 N–H and O–H groups in total. The first-order valence-corrected chi connectivity index (χ1v) is 12.3. The van der Waals surface area contributed by atoms with Gasteiger partial charge >= 0.3 is 6.03 Å². The van der Waals surface area contributed by atoms with Crippen molar-refractivity contribution >= 4 is 29.0 Å². The molecule has 172 valence electrons. The number of benzene rings is 2. The number of nitrogens with one attached hydrogen (secondary N) is 3. The Kier molecular flexibility index (Phi) is 8.11. The number of anilines is 1. The first-order chi connectivity index (χ1) is 16.2. The highest BCUT2D eigenvalue weighted by Gasteiger charge is 2.20. The molecule has 4 rings (SSSR count). The molecule has 0 aliphatic carbocycles. The molecule has 1 fully saturated rings. The molecule has 0 radical (unpaired) electrons. The quantitative estimate of drug-likeness (QED) is 0.470. The van der Waals surface area contributed by atoms with Crippen molar-refractivity contribution in [3.63, 3.8) is 0 Å². The average molecular weight is 463 g/mol. The predicted molar refractivity (Wildman–Crippen MR) is 133 cm³/mol. The van der Waals surface area contributed by atoms with Crippen molar-refractivity contribution in [1.82, 2.24) is 15.5 Å². The third-order valence-corrected chi connectivity index (χ3v) is 6.60. The first-order valence-electron chi connectivity index (χ1n) is 11.4. The van der Waals surface area contributed by atoms with Gasteiger partial charge in [0.2, 0.25) is 0 Å². The molecule has 7 heteroatoms. The minimum Gasteiger partial charge on any atom is -0.347 e. The van der Waals surface area contributed by atoms with E-state index in [9.17, 15) is 9.59 Å². The largest absolute Gasteiger partial charge is 0.347 e. The summed E-state index contributed by atoms with van der Waals surface area (Å²) in [7, 11) is 0. The molecule has 1 aliphatic rings. The van der Waals surface area contributed by atoms with Crippen molar-refractivity contribution in [3.8, 4) is 0 Å². The van der Waals surface area contributed by atoms with Gasteiger partial charge in [-0.15, -0.1) is 11.3 Å². The van der Waals surface area contributed by atoms with Crippen molar-refractivity contribution in [1.29, 1.82) is 0 Å². The molecule has 1 aliphatic heterocycles. The lowest BCUT2D eigenvalue weighted by atomic mass is 10.1. The van der Waals surface area contributed by atoms with Crippen LogP contribution in [0.3, 0.4) is 0 Å². The van der Waals surface area contributed by atoms with E-state index in [2.05, 4.69) is 45.1 Å². The summed E-state index contributed by atoms with van der Waals surface area (Å²) in [6, 6.07) is 21.3. The van der Waals surface area contributed by atoms with Gasteiger partial charge in [0.1, 0.15) is 0 Å². The Morgan fingerprint density at radius 3 is 2.70 bits per heavy atom. The normalized spacial score (nSPS) is 16.5. The molecule has 6 nitrogen and oxygen atoms in total. The van der Waals surface area contributed by atoms with Crippen LogP contribution in [0.4, 0.5) is 10.5 Å². The van der Waals surface area contributed by atoms with E-state index in [1.165, 1.54) is 5.56 Å². The molecule has 3 aromatic rings. The summed E-state index contributed by atoms with van der Waals surface area (Å²) in [4.78, 5) is 28.7. The molecule has 0 saturated carbocycles. The first kappa shape index (κ1) is 23.0. The van der Waals surface area contributed by atoms with Gasteiger partial charge in [-0.05, 0) is 54.6 Å². The van der Waals surface area contributed by atoms with E-state index in [1.807, 2.05) is 23.6 Å². The molecule has 33 heavy (non-hydrogen) atoms. The molecule has 0 bridgehead atoms. The fourth-order valence-electron chi connectivity index (χ4n) is 4.10. The van der Waals surface area contributed by atoms with E-state index in [1.54, 1.807) is 35.6 Å². The molecule has 0 spiro atoms. The van der Waals surface area contributed by atoms with Crippen LogP contribution in [0.5, 0.6) is 0 Å². The Balaban J connectivity index is 1.29. The molecule has 3 amide bonds. The molecule has 1 saturated heterocycles. The molecule has 2 aromatic carbocycles. The van der Waals surface area contributed by atoms with Crippen LogP contribution in [0.2, 0.25) is 0 Å². The topological polar surface area (TPSA) is 73.5 Å². The fourth-order valence-corrected chi connectivity index (χ4v) is 4.74. The van der Waals surface area contributed by atoms with Gasteiger partial charge in [-0.1, -0.05) is 48.9 Å². The SMILES string of the molecule is O=C(Nc1cccc(C(=O)NCc2cccs2)c1)NC1CCCCN(Cc2ccccc2)C1. The Bertz CT molecular complexity index is 1040. The van der Waals surface area contributed by atoms with Crippen LogP contribution in [-0.2, 0) is 13.1 Å². The van der Waals surface area contributed by atoms with Crippen LogP contribution in [-0.4, -0.2) is 36.0 Å². The number of urea groups is 1. The predicted octanol–water partition coefficient (Wildman–Crippen LogP) is 4.85. The van der Waals surface area contributed by atoms with Crippen LogP contribution in [0.15, 0.2) is 72.1 Å². The van der Waals surface area contributed by atoms with Crippen LogP contribution in [0.1, 0.15) is 40.1 Å². The standard InChI is InChI=1S/C26H30N4O2S/c31-25(27-17-24-13-7-15-33-24)21-10-6-12-22(16-21)28-26(32)29-23-11-4-5-14-30(19-23)18-20-8-2-1-3-9-20/h1-3,6-10,12-13,15-16,23H,4-5,11,14,17-19H2,(H,27,31)(H2,28,29,32). The van der Waals surface area contributed by atoms with Gasteiger partial charge in [0, 0.05) is 35.3 Å². The molecule has 1 atom stereocenters. The number of rotatable bonds is 7. The second kappa shape index (κ2) is 11.6. The summed E-state index contributed by atoms with van der Waals surface area (Å²) in [5.74, 6) is -0.159. The van der Waals surface area contributed by atoms with Gasteiger partial charge in [-0.2, -0.15) is 0 Å². The summed E-state index contributed by atoms with van der Waals surface area (Å²) in [6.07, 6.45) is 3.19. The van der Waals surface area contributed by atoms with Gasteiger partial charge in [0.15, 0.2) is 0 Å². The lowest BCUT2D eigenvalue weighted by molar-refractivity contribution is 0.0951. The maximum atomic E-state index is 12.7. The Hall–Kier alpha value is -3.16. The van der Waals surface area contributed by atoms with E-state index in [0.29, 0.717) is 17.8 Å². The third-order valence-electron chi connectivity index (χ3n) is 5.73. The number of carbonyl (C=O) groups is 2. The van der Waals surface area contributed by atoms with Gasteiger partial charge in [0.05, 0.1) is 6.54 Å². The van der Waals surface area contributed by atoms with Crippen molar-refractivity contribution in [2.75, 3.05) is 18.4 Å². The number of nitrogens with zero attached hydrogens (tertiary/aromatic N) is 1. The molecule has 2 heterocycles. The van der Waals surface area contributed by atoms with Crippen LogP contribution in [0, 0.1) is 0 Å². The van der Waals surface area contributed by atoms with Crippen LogP contribution in [0.25, 0.3) is 0 Å². The number of hydrogen-bond donors (Lipinski definition) is 3. The third kappa shape index (κ3) is 7.17. The minimum absolute atomic E-state index is 0.0912. The zero-order valence-corrected chi connectivity index (χ0v) is 19.4. The van der Waals surface area contributed by atoms with E-state index in [4.69, 9.17) is 0 Å². The number of amides is 3. The van der Waals surface area contributed by atoms with Gasteiger partial charge in [0.25, 0.3) is 5.91 Å². The summed E-state index contributed by atoms with van der Waals surface area (Å²) >= 11 is 1.61. The smallest absolute Gasteiger partial charge is 0.319 e. The van der Waals surface area contributed by atoms with Crippen molar-refractivity contribution in [3.05, 3.63) is 88.1 Å². The Morgan fingerprint density at radius 1 is 1.00 bits per heavy atom. The molecule has 1 aromatic heterocycles. The van der Waals surface area contributed by atoms with Crippen molar-refractivity contribution < 1.29 is 9.59 Å². The Labute approximate surface area is 199 Å². The molecule has 1 unspecified atom stereocenters. The number of carbonyl (C=O) groups excluding carboxylic acids is 2. The lowest BCUT2D eigenvalue weighted by Gasteiger charge is -2.25. The second-order valence-corrected chi connectivity index (χ2v) is 9.39. The minimum atomic E-state index is -0.238. The van der Waals surface area contributed by atoms with Crippen LogP contribution >= 0.6 is 11.3 Å². The highest BCUT2D eigenvalue weighted by Crippen LogP contribution is 2.15. The molecular weight excluding hydrogens is 432 g/mol. The van der Waals surface area contributed by atoms with Gasteiger partial charge in [-0.3, -0.25) is 9.69 Å². The monoisotopic (exact) mass is 462 g/mol. The summed E-state index contributed by atoms with van der Waals surface area (Å²) < 4.78 is 0. The van der Waals surface area contributed by atoms with Gasteiger partial charge in [-0.25, -0.2) is 4.79 Å². The fraction of sp³-hybridized carbons (Fsp3) is 0.308. The number of hydrogen-bond acceptors (Lipinski definition) is 4. The maximum absolute atomic E-state index is 12.7. The van der Waals surface area contributed by atoms with Gasteiger partial charge < -0.3 is 16.0 Å². The number of thiophene rings is 1. The van der Waals surface area contributed by atoms with E-state index in [-0.39, 0.29) is 18.0 Å². The van der Waals surface area contributed by atoms with E-state index < -0.39 is 0 Å². The second-order valence-electron chi connectivity index (χ2n) is 8.35. The van der Waals surface area contributed by atoms with Crippen LogP contribution < -0.4 is 16.0 Å². The van der Waals surface area contributed by atoms with Crippen molar-refractivity contribution in [2.45, 2.75) is 38.4 Å². The Morgan fingerprint density at radius 2 is 1.88 bits per heavy atom. The highest BCUT2D eigenvalue weighted by molar-refractivity contribution is 7.09. The molecular formula is C26H30N4O2S. The van der Waals surface area contributed by atoms with E-state index in [0.717, 1.165) is 43.8 Å². The number of likely N-dealkylation sites (tertiary alicyclic amines) is 1. The highest BCUT2D eigenvalue weighted by atomic mass is 32.1. The zero-order valence-electron chi connectivity index (χ0n) is 18.6. The van der Waals surface area contributed by atoms with E-state index >= 15 is 0 Å². The lowest BCUT2D eigenvalue weighted by Crippen LogP contribution is -2.44. The zero-order chi connectivity index (χ0) is 22.9. The van der Waals surface area contributed by atoms with Crippen molar-refractivity contribution in [2.24, 2.45) is 0 Å². The average Bonchev–Trinajstić information content (AvgIpc) is 3.25. The summed E-state index contributed by atoms with van der Waals surface area (Å²) in [5.41, 5.74) is 2.41. The summed E-state index contributed by atoms with van der Waals surface area (Å²) in [6.45, 7) is 3.25. The maximum Gasteiger partial charge on any atom is 0.319 e. The summed E-state index contributed by atoms with van der Waals surface area (Å²) in [5, 5.41) is 10.9.